The molecule has 1 aromatic heterocycles. The van der Waals surface area contributed by atoms with Gasteiger partial charge in [-0.1, -0.05) is 22.9 Å². The molecule has 0 amide bonds. The standard InChI is InChI=1S/C16H19BrN2.ClH/c1-2-18-8-9-19-14-7-6-11(17)10-13(14)12-4-3-5-15(18)16(12)19;/h6-7,10,15H,2-5,8-9H2,1H3;1H/p-1. The molecule has 20 heavy (non-hydrogen) atoms. The molecular weight excluding hydrogens is 336 g/mol. The number of benzene rings is 1. The number of hydrogen-bond acceptors (Lipinski definition) is 1. The maximum absolute atomic E-state index is 3.63. The third-order valence-corrected chi connectivity index (χ3v) is 5.35. The highest BCUT2D eigenvalue weighted by Gasteiger charge is 2.33. The van der Waals surface area contributed by atoms with E-state index in [2.05, 4.69) is 50.5 Å². The Balaban J connectivity index is 0.00000121. The first-order chi connectivity index (χ1) is 9.29. The van der Waals surface area contributed by atoms with Gasteiger partial charge >= 0.3 is 0 Å². The first-order valence-corrected chi connectivity index (χ1v) is 8.13. The molecule has 0 radical (unpaired) electrons. The zero-order valence-electron chi connectivity index (χ0n) is 11.7. The Morgan fingerprint density at radius 3 is 2.95 bits per heavy atom. The van der Waals surface area contributed by atoms with Crippen molar-refractivity contribution in [2.75, 3.05) is 13.1 Å². The Labute approximate surface area is 134 Å². The number of nitrogens with zero attached hydrogens (tertiary/aromatic N) is 2. The molecular formula is C16H19BrClN2-. The molecule has 0 spiro atoms. The summed E-state index contributed by atoms with van der Waals surface area (Å²) in [6.07, 6.45) is 3.92. The molecule has 4 heteroatoms. The van der Waals surface area contributed by atoms with Gasteiger partial charge in [-0.2, -0.15) is 0 Å². The van der Waals surface area contributed by atoms with Crippen LogP contribution in [0.25, 0.3) is 10.9 Å². The van der Waals surface area contributed by atoms with E-state index in [-0.39, 0.29) is 12.4 Å². The lowest BCUT2D eigenvalue weighted by atomic mass is 9.90. The quantitative estimate of drug-likeness (QED) is 0.745. The maximum Gasteiger partial charge on any atom is 0.0504 e. The van der Waals surface area contributed by atoms with Crippen molar-refractivity contribution in [3.05, 3.63) is 33.9 Å². The Morgan fingerprint density at radius 1 is 1.30 bits per heavy atom. The van der Waals surface area contributed by atoms with E-state index in [0.717, 1.165) is 6.54 Å². The van der Waals surface area contributed by atoms with Crippen molar-refractivity contribution in [3.8, 4) is 0 Å². The first kappa shape index (κ1) is 14.4. The monoisotopic (exact) mass is 353 g/mol. The number of fused-ring (bicyclic) bond motifs is 3. The zero-order valence-corrected chi connectivity index (χ0v) is 14.0. The lowest BCUT2D eigenvalue weighted by molar-refractivity contribution is -0.00000375. The molecule has 0 saturated carbocycles. The average molecular weight is 355 g/mol. The fourth-order valence-electron chi connectivity index (χ4n) is 4.03. The van der Waals surface area contributed by atoms with Crippen LogP contribution in [0.2, 0.25) is 0 Å². The van der Waals surface area contributed by atoms with Gasteiger partial charge < -0.3 is 17.0 Å². The van der Waals surface area contributed by atoms with Crippen molar-refractivity contribution >= 4 is 26.8 Å². The number of aryl methyl sites for hydroxylation is 1. The lowest BCUT2D eigenvalue weighted by Gasteiger charge is -2.39. The topological polar surface area (TPSA) is 8.17 Å². The van der Waals surface area contributed by atoms with Crippen molar-refractivity contribution < 1.29 is 12.4 Å². The summed E-state index contributed by atoms with van der Waals surface area (Å²) in [7, 11) is 0. The van der Waals surface area contributed by atoms with Gasteiger partial charge in [0.15, 0.2) is 0 Å². The van der Waals surface area contributed by atoms with Crippen LogP contribution in [-0.4, -0.2) is 22.6 Å². The van der Waals surface area contributed by atoms with E-state index in [1.165, 1.54) is 47.7 Å². The zero-order chi connectivity index (χ0) is 13.0. The predicted octanol–water partition coefficient (Wildman–Crippen LogP) is 1.12. The van der Waals surface area contributed by atoms with Gasteiger partial charge in [0.2, 0.25) is 0 Å². The van der Waals surface area contributed by atoms with Crippen LogP contribution in [0.1, 0.15) is 37.1 Å². The highest BCUT2D eigenvalue weighted by Crippen LogP contribution is 2.42. The third kappa shape index (κ3) is 1.94. The molecule has 108 valence electrons. The SMILES string of the molecule is CCN1CCn2c3c(c4cc(Br)ccc42)CCCC31.[Cl-]. The first-order valence-electron chi connectivity index (χ1n) is 7.34. The molecule has 2 aliphatic rings. The summed E-state index contributed by atoms with van der Waals surface area (Å²) in [5.41, 5.74) is 4.68. The largest absolute Gasteiger partial charge is 1.00 e. The Kier molecular flexibility index (Phi) is 3.87. The summed E-state index contributed by atoms with van der Waals surface area (Å²) in [4.78, 5) is 2.66. The van der Waals surface area contributed by atoms with Crippen molar-refractivity contribution in [2.24, 2.45) is 0 Å². The van der Waals surface area contributed by atoms with Gasteiger partial charge in [0, 0.05) is 34.2 Å². The Morgan fingerprint density at radius 2 is 2.15 bits per heavy atom. The van der Waals surface area contributed by atoms with Crippen molar-refractivity contribution in [1.29, 1.82) is 0 Å². The van der Waals surface area contributed by atoms with Gasteiger partial charge in [-0.15, -0.1) is 0 Å². The van der Waals surface area contributed by atoms with E-state index < -0.39 is 0 Å². The van der Waals surface area contributed by atoms with Crippen molar-refractivity contribution in [2.45, 2.75) is 38.8 Å². The molecule has 0 bridgehead atoms. The molecule has 0 N–H and O–H groups in total. The third-order valence-electron chi connectivity index (χ3n) is 4.85. The number of halogens is 2. The molecule has 1 atom stereocenters. The summed E-state index contributed by atoms with van der Waals surface area (Å²) in [5.74, 6) is 0. The molecule has 0 fully saturated rings. The predicted molar refractivity (Wildman–Crippen MR) is 82.6 cm³/mol. The second-order valence-corrected chi connectivity index (χ2v) is 6.63. The average Bonchev–Trinajstić information content (AvgIpc) is 2.75. The molecule has 2 heterocycles. The van der Waals surface area contributed by atoms with E-state index in [1.54, 1.807) is 11.3 Å². The minimum absolute atomic E-state index is 0. The second-order valence-electron chi connectivity index (χ2n) is 5.71. The maximum atomic E-state index is 3.63. The molecule has 1 aromatic carbocycles. The summed E-state index contributed by atoms with van der Waals surface area (Å²) in [5, 5.41) is 1.48. The summed E-state index contributed by atoms with van der Waals surface area (Å²) in [6, 6.07) is 7.44. The van der Waals surface area contributed by atoms with Crippen LogP contribution in [0.4, 0.5) is 0 Å². The van der Waals surface area contributed by atoms with Crippen LogP contribution < -0.4 is 12.4 Å². The van der Waals surface area contributed by atoms with Gasteiger partial charge in [0.1, 0.15) is 0 Å². The highest BCUT2D eigenvalue weighted by atomic mass is 79.9. The normalized spacial score (nSPS) is 21.6. The number of rotatable bonds is 1. The minimum Gasteiger partial charge on any atom is -1.00 e. The van der Waals surface area contributed by atoms with E-state index in [4.69, 9.17) is 0 Å². The van der Waals surface area contributed by atoms with Crippen LogP contribution in [-0.2, 0) is 13.0 Å². The molecule has 1 aliphatic carbocycles. The van der Waals surface area contributed by atoms with Crippen molar-refractivity contribution in [3.63, 3.8) is 0 Å². The number of hydrogen-bond donors (Lipinski definition) is 0. The second kappa shape index (κ2) is 5.36. The Bertz CT molecular complexity index is 649. The van der Waals surface area contributed by atoms with Gasteiger partial charge in [0.25, 0.3) is 0 Å². The van der Waals surface area contributed by atoms with Crippen LogP contribution >= 0.6 is 15.9 Å². The van der Waals surface area contributed by atoms with Crippen molar-refractivity contribution in [1.82, 2.24) is 9.47 Å². The van der Waals surface area contributed by atoms with E-state index in [1.807, 2.05) is 0 Å². The number of likely N-dealkylation sites (N-methyl/N-ethyl adjacent to an activating group) is 1. The number of aromatic nitrogens is 1. The van der Waals surface area contributed by atoms with E-state index in [9.17, 15) is 0 Å². The minimum atomic E-state index is 0. The highest BCUT2D eigenvalue weighted by molar-refractivity contribution is 9.10. The lowest BCUT2D eigenvalue weighted by Crippen LogP contribution is -3.00. The summed E-state index contributed by atoms with van der Waals surface area (Å²) < 4.78 is 3.79. The van der Waals surface area contributed by atoms with Gasteiger partial charge in [0.05, 0.1) is 6.04 Å². The fraction of sp³-hybridized carbons (Fsp3) is 0.500. The van der Waals surface area contributed by atoms with Crippen LogP contribution in [0.3, 0.4) is 0 Å². The molecule has 2 nitrogen and oxygen atoms in total. The summed E-state index contributed by atoms with van der Waals surface area (Å²) >= 11 is 3.63. The molecule has 2 aromatic rings. The van der Waals surface area contributed by atoms with Crippen LogP contribution in [0.5, 0.6) is 0 Å². The van der Waals surface area contributed by atoms with Gasteiger partial charge in [-0.3, -0.25) is 4.90 Å². The van der Waals surface area contributed by atoms with Gasteiger partial charge in [-0.05, 0) is 49.6 Å². The van der Waals surface area contributed by atoms with E-state index >= 15 is 0 Å². The van der Waals surface area contributed by atoms with Gasteiger partial charge in [-0.25, -0.2) is 0 Å². The molecule has 1 aliphatic heterocycles. The molecule has 0 saturated heterocycles. The molecule has 4 rings (SSSR count). The fourth-order valence-corrected chi connectivity index (χ4v) is 4.39. The smallest absolute Gasteiger partial charge is 0.0504 e. The van der Waals surface area contributed by atoms with Crippen LogP contribution in [0.15, 0.2) is 22.7 Å². The van der Waals surface area contributed by atoms with Crippen LogP contribution in [0, 0.1) is 0 Å². The Hall–Kier alpha value is -0.510. The summed E-state index contributed by atoms with van der Waals surface area (Å²) in [6.45, 7) is 5.82. The molecule has 1 unspecified atom stereocenters. The van der Waals surface area contributed by atoms with E-state index in [0.29, 0.717) is 6.04 Å².